The summed E-state index contributed by atoms with van der Waals surface area (Å²) in [6.07, 6.45) is 0.887. The average molecular weight is 341 g/mol. The van der Waals surface area contributed by atoms with E-state index < -0.39 is 26.3 Å². The molecule has 8 heteroatoms. The van der Waals surface area contributed by atoms with Crippen molar-refractivity contribution in [2.45, 2.75) is 63.8 Å². The fourth-order valence-corrected chi connectivity index (χ4v) is 3.72. The topological polar surface area (TPSA) is 99.6 Å². The van der Waals surface area contributed by atoms with Crippen molar-refractivity contribution in [3.8, 4) is 0 Å². The van der Waals surface area contributed by atoms with Gasteiger partial charge in [-0.15, -0.1) is 0 Å². The molecule has 0 amide bonds. The largest absolute Gasteiger partial charge is 0.411 e. The molecule has 1 aliphatic rings. The highest BCUT2D eigenvalue weighted by Gasteiger charge is 2.45. The highest BCUT2D eigenvalue weighted by atomic mass is 28.4. The van der Waals surface area contributed by atoms with Crippen LogP contribution in [-0.2, 0) is 9.16 Å². The highest BCUT2D eigenvalue weighted by molar-refractivity contribution is 6.74. The fourth-order valence-electron chi connectivity index (χ4n) is 2.36. The Hall–Kier alpha value is -1.22. The number of aliphatic hydroxyl groups is 1. The predicted molar refractivity (Wildman–Crippen MR) is 90.6 cm³/mol. The molecule has 3 atom stereocenters. The lowest BCUT2D eigenvalue weighted by atomic mass is 10.2. The van der Waals surface area contributed by atoms with Crippen LogP contribution in [0.1, 0.15) is 33.4 Å². The lowest BCUT2D eigenvalue weighted by molar-refractivity contribution is -0.0438. The van der Waals surface area contributed by atoms with Crippen LogP contribution in [-0.4, -0.2) is 41.8 Å². The number of rotatable bonds is 4. The van der Waals surface area contributed by atoms with E-state index in [1.54, 1.807) is 12.3 Å². The first-order valence-corrected chi connectivity index (χ1v) is 10.7. The van der Waals surface area contributed by atoms with E-state index >= 15 is 0 Å². The summed E-state index contributed by atoms with van der Waals surface area (Å²) in [7, 11) is -2.00. The molecule has 2 heterocycles. The summed E-state index contributed by atoms with van der Waals surface area (Å²) >= 11 is 0. The molecule has 0 saturated carbocycles. The Morgan fingerprint density at radius 2 is 2.17 bits per heavy atom. The third kappa shape index (κ3) is 3.82. The van der Waals surface area contributed by atoms with Crippen LogP contribution in [0.2, 0.25) is 18.1 Å². The molecular formula is C15H27N3O4Si. The number of aliphatic hydroxyl groups excluding tert-OH is 1. The molecule has 3 N–H and O–H groups in total. The molecule has 0 spiro atoms. The number of nitrogens with two attached hydrogens (primary N) is 1. The highest BCUT2D eigenvalue weighted by Crippen LogP contribution is 2.40. The van der Waals surface area contributed by atoms with Crippen molar-refractivity contribution in [1.82, 2.24) is 9.55 Å². The monoisotopic (exact) mass is 341 g/mol. The van der Waals surface area contributed by atoms with E-state index in [0.29, 0.717) is 6.42 Å². The molecule has 23 heavy (non-hydrogen) atoms. The van der Waals surface area contributed by atoms with E-state index in [2.05, 4.69) is 38.8 Å². The van der Waals surface area contributed by atoms with Crippen LogP contribution < -0.4 is 11.4 Å². The summed E-state index contributed by atoms with van der Waals surface area (Å²) in [5.41, 5.74) is 5.06. The molecule has 7 nitrogen and oxygen atoms in total. The van der Waals surface area contributed by atoms with Gasteiger partial charge in [-0.05, 0) is 24.2 Å². The Balaban J connectivity index is 2.19. The van der Waals surface area contributed by atoms with Crippen LogP contribution in [0.5, 0.6) is 0 Å². The number of hydrogen-bond acceptors (Lipinski definition) is 6. The Morgan fingerprint density at radius 3 is 2.70 bits per heavy atom. The zero-order valence-corrected chi connectivity index (χ0v) is 15.4. The Bertz CT molecular complexity index is 611. The summed E-state index contributed by atoms with van der Waals surface area (Å²) in [5, 5.41) is 9.66. The van der Waals surface area contributed by atoms with Gasteiger partial charge in [-0.1, -0.05) is 20.8 Å². The molecule has 0 radical (unpaired) electrons. The Morgan fingerprint density at radius 1 is 1.52 bits per heavy atom. The Kier molecular flexibility index (Phi) is 5.00. The average Bonchev–Trinajstić information content (AvgIpc) is 2.79. The lowest BCUT2D eigenvalue weighted by Gasteiger charge is -2.39. The van der Waals surface area contributed by atoms with Gasteiger partial charge in [0.1, 0.15) is 18.1 Å². The van der Waals surface area contributed by atoms with Crippen molar-refractivity contribution < 1.29 is 14.3 Å². The maximum absolute atomic E-state index is 12.0. The molecule has 1 aliphatic heterocycles. The van der Waals surface area contributed by atoms with Gasteiger partial charge in [0.05, 0.1) is 12.7 Å². The fraction of sp³-hybridized carbons (Fsp3) is 0.733. The number of aromatic nitrogens is 2. The predicted octanol–water partition coefficient (Wildman–Crippen LogP) is 1.50. The quantitative estimate of drug-likeness (QED) is 0.805. The van der Waals surface area contributed by atoms with Crippen molar-refractivity contribution in [3.05, 3.63) is 22.7 Å². The molecule has 1 saturated heterocycles. The van der Waals surface area contributed by atoms with Crippen molar-refractivity contribution in [2.24, 2.45) is 0 Å². The normalized spacial score (nSPS) is 25.7. The van der Waals surface area contributed by atoms with Crippen molar-refractivity contribution in [1.29, 1.82) is 0 Å². The van der Waals surface area contributed by atoms with Crippen molar-refractivity contribution >= 4 is 14.1 Å². The van der Waals surface area contributed by atoms with Gasteiger partial charge in [-0.3, -0.25) is 4.57 Å². The Labute approximate surface area is 137 Å². The van der Waals surface area contributed by atoms with Gasteiger partial charge >= 0.3 is 5.69 Å². The molecule has 2 rings (SSSR count). The van der Waals surface area contributed by atoms with Crippen LogP contribution in [0, 0.1) is 0 Å². The van der Waals surface area contributed by atoms with Gasteiger partial charge in [-0.25, -0.2) is 4.79 Å². The van der Waals surface area contributed by atoms with Crippen LogP contribution in [0.25, 0.3) is 0 Å². The van der Waals surface area contributed by atoms with E-state index in [4.69, 9.17) is 14.9 Å². The third-order valence-corrected chi connectivity index (χ3v) is 9.28. The van der Waals surface area contributed by atoms with Gasteiger partial charge in [-0.2, -0.15) is 4.98 Å². The number of hydrogen-bond donors (Lipinski definition) is 2. The van der Waals surface area contributed by atoms with E-state index in [1.165, 1.54) is 4.57 Å². The number of ether oxygens (including phenoxy) is 1. The standard InChI is InChI=1S/C15H27N3O4Si/c1-15(2,3)23(4,5)22-10-8-13(21-11(10)9-19)18-7-6-12(16)17-14(18)20/h6-7,10-11,13,19H,8-9H2,1-5H3,(H2,16,17,20). The second kappa shape index (κ2) is 6.35. The summed E-state index contributed by atoms with van der Waals surface area (Å²) in [4.78, 5) is 15.7. The van der Waals surface area contributed by atoms with E-state index in [-0.39, 0.29) is 23.6 Å². The van der Waals surface area contributed by atoms with Crippen LogP contribution in [0.15, 0.2) is 17.1 Å². The van der Waals surface area contributed by atoms with E-state index in [9.17, 15) is 9.90 Å². The smallest absolute Gasteiger partial charge is 0.351 e. The minimum atomic E-state index is -2.00. The van der Waals surface area contributed by atoms with Crippen LogP contribution in [0.4, 0.5) is 5.82 Å². The second-order valence-electron chi connectivity index (χ2n) is 7.51. The minimum Gasteiger partial charge on any atom is -0.411 e. The maximum Gasteiger partial charge on any atom is 0.351 e. The minimum absolute atomic E-state index is 0.0602. The number of nitrogen functional groups attached to an aromatic ring is 1. The summed E-state index contributed by atoms with van der Waals surface area (Å²) in [5.74, 6) is 0.178. The van der Waals surface area contributed by atoms with E-state index in [1.807, 2.05) is 0 Å². The lowest BCUT2D eigenvalue weighted by Crippen LogP contribution is -2.46. The second-order valence-corrected chi connectivity index (χ2v) is 12.3. The van der Waals surface area contributed by atoms with Crippen molar-refractivity contribution in [2.75, 3.05) is 12.3 Å². The van der Waals surface area contributed by atoms with Gasteiger partial charge < -0.3 is 20.0 Å². The summed E-state index contributed by atoms with van der Waals surface area (Å²) < 4.78 is 13.6. The first-order valence-electron chi connectivity index (χ1n) is 7.84. The first kappa shape index (κ1) is 18.1. The van der Waals surface area contributed by atoms with Gasteiger partial charge in [0, 0.05) is 12.6 Å². The number of anilines is 1. The zero-order valence-electron chi connectivity index (χ0n) is 14.4. The van der Waals surface area contributed by atoms with Gasteiger partial charge in [0.15, 0.2) is 8.32 Å². The molecule has 1 aromatic heterocycles. The molecule has 0 aliphatic carbocycles. The zero-order chi connectivity index (χ0) is 17.4. The molecule has 1 aromatic rings. The number of nitrogens with zero attached hydrogens (tertiary/aromatic N) is 2. The molecule has 130 valence electrons. The van der Waals surface area contributed by atoms with Gasteiger partial charge in [0.2, 0.25) is 0 Å². The van der Waals surface area contributed by atoms with Gasteiger partial charge in [0.25, 0.3) is 0 Å². The molecular weight excluding hydrogens is 314 g/mol. The maximum atomic E-state index is 12.0. The summed E-state index contributed by atoms with van der Waals surface area (Å²) in [6.45, 7) is 10.7. The molecule has 1 fully saturated rings. The summed E-state index contributed by atoms with van der Waals surface area (Å²) in [6, 6.07) is 1.56. The molecule has 3 unspecified atom stereocenters. The van der Waals surface area contributed by atoms with Crippen molar-refractivity contribution in [3.63, 3.8) is 0 Å². The molecule has 0 bridgehead atoms. The SMILES string of the molecule is CC(C)(C)[Si](C)(C)OC1CC(n2ccc(N)nc2=O)OC1CO. The third-order valence-electron chi connectivity index (χ3n) is 4.77. The van der Waals surface area contributed by atoms with Crippen LogP contribution >= 0.6 is 0 Å². The molecule has 0 aromatic carbocycles. The van der Waals surface area contributed by atoms with Crippen LogP contribution in [0.3, 0.4) is 0 Å². The first-order chi connectivity index (χ1) is 10.5. The van der Waals surface area contributed by atoms with E-state index in [0.717, 1.165) is 0 Å².